The van der Waals surface area contributed by atoms with E-state index in [1.54, 1.807) is 54.6 Å². The SMILES string of the molecule is CCOc1ccc2c(c1)O/C(=C\c1cccc(OCC)c1OC(=O)c1c(OC)cccc1OC)C2=O. The zero-order valence-electron chi connectivity index (χ0n) is 20.5. The van der Waals surface area contributed by atoms with Gasteiger partial charge in [0.1, 0.15) is 28.6 Å². The monoisotopic (exact) mass is 490 g/mol. The first-order valence-electron chi connectivity index (χ1n) is 11.4. The van der Waals surface area contributed by atoms with E-state index < -0.39 is 5.97 Å². The minimum Gasteiger partial charge on any atom is -0.496 e. The molecule has 0 saturated heterocycles. The fourth-order valence-corrected chi connectivity index (χ4v) is 3.79. The summed E-state index contributed by atoms with van der Waals surface area (Å²) >= 11 is 0. The third-order valence-electron chi connectivity index (χ3n) is 5.37. The van der Waals surface area contributed by atoms with Crippen LogP contribution in [0.15, 0.2) is 60.4 Å². The number of hydrogen-bond donors (Lipinski definition) is 0. The number of methoxy groups -OCH3 is 2. The van der Waals surface area contributed by atoms with Crippen molar-refractivity contribution in [3.8, 4) is 34.5 Å². The molecule has 0 aromatic heterocycles. The zero-order valence-corrected chi connectivity index (χ0v) is 20.5. The maximum absolute atomic E-state index is 13.3. The molecule has 8 heteroatoms. The second-order valence-corrected chi connectivity index (χ2v) is 7.57. The van der Waals surface area contributed by atoms with Gasteiger partial charge in [0.2, 0.25) is 5.78 Å². The average molecular weight is 491 g/mol. The molecule has 0 N–H and O–H groups in total. The van der Waals surface area contributed by atoms with Crippen molar-refractivity contribution in [1.29, 1.82) is 0 Å². The Bertz CT molecular complexity index is 1300. The van der Waals surface area contributed by atoms with E-state index in [0.717, 1.165) is 0 Å². The van der Waals surface area contributed by atoms with Crippen molar-refractivity contribution in [2.45, 2.75) is 13.8 Å². The van der Waals surface area contributed by atoms with Crippen LogP contribution in [0, 0.1) is 0 Å². The lowest BCUT2D eigenvalue weighted by molar-refractivity contribution is 0.0720. The number of para-hydroxylation sites is 1. The number of esters is 1. The summed E-state index contributed by atoms with van der Waals surface area (Å²) in [6.45, 7) is 4.52. The van der Waals surface area contributed by atoms with Gasteiger partial charge in [0, 0.05) is 11.6 Å². The molecule has 1 aliphatic rings. The first-order chi connectivity index (χ1) is 17.5. The van der Waals surface area contributed by atoms with E-state index in [9.17, 15) is 9.59 Å². The lowest BCUT2D eigenvalue weighted by Crippen LogP contribution is -2.13. The molecule has 0 radical (unpaired) electrons. The quantitative estimate of drug-likeness (QED) is 0.226. The third-order valence-corrected chi connectivity index (χ3v) is 5.37. The highest BCUT2D eigenvalue weighted by Crippen LogP contribution is 2.39. The molecule has 0 bridgehead atoms. The molecule has 0 amide bonds. The van der Waals surface area contributed by atoms with Crippen molar-refractivity contribution >= 4 is 17.8 Å². The second kappa shape index (κ2) is 10.9. The minimum atomic E-state index is -0.709. The predicted molar refractivity (Wildman–Crippen MR) is 133 cm³/mol. The molecule has 186 valence electrons. The molecule has 0 atom stereocenters. The van der Waals surface area contributed by atoms with Crippen molar-refractivity contribution < 1.29 is 38.0 Å². The molecule has 8 nitrogen and oxygen atoms in total. The molecule has 3 aromatic rings. The summed E-state index contributed by atoms with van der Waals surface area (Å²) < 4.78 is 33.5. The van der Waals surface area contributed by atoms with E-state index in [1.807, 2.05) is 13.8 Å². The van der Waals surface area contributed by atoms with E-state index in [4.69, 9.17) is 28.4 Å². The van der Waals surface area contributed by atoms with E-state index in [0.29, 0.717) is 53.1 Å². The van der Waals surface area contributed by atoms with Gasteiger partial charge in [0.25, 0.3) is 0 Å². The van der Waals surface area contributed by atoms with Gasteiger partial charge in [-0.25, -0.2) is 4.79 Å². The fraction of sp³-hybridized carbons (Fsp3) is 0.214. The van der Waals surface area contributed by atoms with Crippen LogP contribution >= 0.6 is 0 Å². The minimum absolute atomic E-state index is 0.0828. The number of rotatable bonds is 9. The summed E-state index contributed by atoms with van der Waals surface area (Å²) in [7, 11) is 2.90. The van der Waals surface area contributed by atoms with E-state index in [-0.39, 0.29) is 22.9 Å². The summed E-state index contributed by atoms with van der Waals surface area (Å²) in [6, 6.07) is 15.1. The Labute approximate surface area is 209 Å². The van der Waals surface area contributed by atoms with Crippen molar-refractivity contribution in [2.24, 2.45) is 0 Å². The predicted octanol–water partition coefficient (Wildman–Crippen LogP) is 5.34. The first kappa shape index (κ1) is 24.7. The Morgan fingerprint density at radius 3 is 2.22 bits per heavy atom. The van der Waals surface area contributed by atoms with Gasteiger partial charge < -0.3 is 28.4 Å². The van der Waals surface area contributed by atoms with Gasteiger partial charge in [0.15, 0.2) is 17.3 Å². The maximum Gasteiger partial charge on any atom is 0.351 e. The summed E-state index contributed by atoms with van der Waals surface area (Å²) in [6.07, 6.45) is 1.52. The number of carbonyl (C=O) groups is 2. The molecule has 36 heavy (non-hydrogen) atoms. The Hall–Kier alpha value is -4.46. The largest absolute Gasteiger partial charge is 0.496 e. The fourth-order valence-electron chi connectivity index (χ4n) is 3.79. The number of benzene rings is 3. The van der Waals surface area contributed by atoms with Gasteiger partial charge >= 0.3 is 5.97 Å². The number of allylic oxidation sites excluding steroid dienone is 1. The zero-order chi connectivity index (χ0) is 25.7. The van der Waals surface area contributed by atoms with E-state index in [2.05, 4.69) is 0 Å². The van der Waals surface area contributed by atoms with Crippen LogP contribution in [0.3, 0.4) is 0 Å². The summed E-state index contributed by atoms with van der Waals surface area (Å²) in [4.78, 5) is 26.3. The maximum atomic E-state index is 13.3. The van der Waals surface area contributed by atoms with Crippen LogP contribution in [0.4, 0.5) is 0 Å². The molecule has 1 aliphatic heterocycles. The van der Waals surface area contributed by atoms with Crippen LogP contribution in [-0.2, 0) is 0 Å². The third kappa shape index (κ3) is 4.84. The summed E-state index contributed by atoms with van der Waals surface area (Å²) in [5.41, 5.74) is 0.962. The highest BCUT2D eigenvalue weighted by atomic mass is 16.6. The standard InChI is InChI=1S/C28H26O8/c1-5-33-18-13-14-19-23(16-18)35-24(26(19)29)15-17-9-7-12-22(34-6-2)27(17)36-28(30)25-20(31-3)10-8-11-21(25)32-4/h7-16H,5-6H2,1-4H3/b24-15-. The van der Waals surface area contributed by atoms with Crippen LogP contribution in [-0.4, -0.2) is 39.2 Å². The van der Waals surface area contributed by atoms with Crippen LogP contribution in [0.5, 0.6) is 34.5 Å². The Morgan fingerprint density at radius 1 is 0.889 bits per heavy atom. The topological polar surface area (TPSA) is 89.5 Å². The van der Waals surface area contributed by atoms with Crippen molar-refractivity contribution in [3.05, 3.63) is 77.0 Å². The number of Topliss-reactive ketones (excluding diaryl/α,β-unsaturated/α-hetero) is 1. The van der Waals surface area contributed by atoms with Crippen LogP contribution in [0.25, 0.3) is 6.08 Å². The van der Waals surface area contributed by atoms with E-state index >= 15 is 0 Å². The second-order valence-electron chi connectivity index (χ2n) is 7.57. The Balaban J connectivity index is 1.73. The number of hydrogen-bond acceptors (Lipinski definition) is 8. The van der Waals surface area contributed by atoms with Crippen molar-refractivity contribution in [3.63, 3.8) is 0 Å². The molecule has 4 rings (SSSR count). The van der Waals surface area contributed by atoms with Crippen molar-refractivity contribution in [2.75, 3.05) is 27.4 Å². The molecular formula is C28H26O8. The average Bonchev–Trinajstić information content (AvgIpc) is 3.19. The molecule has 0 aliphatic carbocycles. The molecule has 0 saturated carbocycles. The summed E-state index contributed by atoms with van der Waals surface area (Å²) in [5, 5.41) is 0. The first-order valence-corrected chi connectivity index (χ1v) is 11.4. The number of fused-ring (bicyclic) bond motifs is 1. The molecule has 1 heterocycles. The van der Waals surface area contributed by atoms with Gasteiger partial charge in [-0.15, -0.1) is 0 Å². The van der Waals surface area contributed by atoms with Crippen LogP contribution in [0.1, 0.15) is 40.1 Å². The summed E-state index contributed by atoms with van der Waals surface area (Å²) in [5.74, 6) is 1.13. The number of ether oxygens (including phenoxy) is 6. The van der Waals surface area contributed by atoms with Gasteiger partial charge in [-0.3, -0.25) is 4.79 Å². The number of ketones is 1. The lowest BCUT2D eigenvalue weighted by atomic mass is 10.1. The smallest absolute Gasteiger partial charge is 0.351 e. The van der Waals surface area contributed by atoms with Crippen LogP contribution < -0.4 is 28.4 Å². The molecule has 0 spiro atoms. The Kier molecular flexibility index (Phi) is 7.44. The highest BCUT2D eigenvalue weighted by Gasteiger charge is 2.29. The van der Waals surface area contributed by atoms with Gasteiger partial charge in [-0.1, -0.05) is 18.2 Å². The highest BCUT2D eigenvalue weighted by molar-refractivity contribution is 6.14. The van der Waals surface area contributed by atoms with Crippen molar-refractivity contribution in [1.82, 2.24) is 0 Å². The van der Waals surface area contributed by atoms with Gasteiger partial charge in [0.05, 0.1) is 33.0 Å². The normalized spacial score (nSPS) is 13.1. The van der Waals surface area contributed by atoms with Gasteiger partial charge in [-0.05, 0) is 50.3 Å². The molecular weight excluding hydrogens is 464 g/mol. The van der Waals surface area contributed by atoms with E-state index in [1.165, 1.54) is 20.3 Å². The lowest BCUT2D eigenvalue weighted by Gasteiger charge is -2.16. The van der Waals surface area contributed by atoms with Gasteiger partial charge in [-0.2, -0.15) is 0 Å². The Morgan fingerprint density at radius 2 is 1.56 bits per heavy atom. The molecule has 0 unspecified atom stereocenters. The molecule has 0 fully saturated rings. The van der Waals surface area contributed by atoms with Crippen LogP contribution in [0.2, 0.25) is 0 Å². The number of carbonyl (C=O) groups excluding carboxylic acids is 2. The molecule has 3 aromatic carbocycles.